The third-order valence-corrected chi connectivity index (χ3v) is 12.2. The molecule has 0 bridgehead atoms. The molecule has 5 heterocycles. The van der Waals surface area contributed by atoms with Crippen LogP contribution in [-0.4, -0.2) is 94.4 Å². The highest BCUT2D eigenvalue weighted by Gasteiger charge is 2.38. The van der Waals surface area contributed by atoms with Crippen molar-refractivity contribution in [3.05, 3.63) is 69.2 Å². The number of alkyl halides is 3. The number of hydrogen-bond acceptors (Lipinski definition) is 6. The Morgan fingerprint density at radius 3 is 2.26 bits per heavy atom. The molecule has 3 saturated heterocycles. The van der Waals surface area contributed by atoms with E-state index in [1.807, 2.05) is 29.2 Å². The van der Waals surface area contributed by atoms with Crippen LogP contribution in [0.3, 0.4) is 0 Å². The summed E-state index contributed by atoms with van der Waals surface area (Å²) in [5.74, 6) is -0.115. The molecule has 2 aromatic heterocycles. The van der Waals surface area contributed by atoms with Crippen LogP contribution in [0.2, 0.25) is 5.02 Å². The highest BCUT2D eigenvalue weighted by molar-refractivity contribution is 6.33. The minimum absolute atomic E-state index is 0.0472. The van der Waals surface area contributed by atoms with Crippen LogP contribution in [0.4, 0.5) is 18.9 Å². The van der Waals surface area contributed by atoms with Crippen molar-refractivity contribution in [3.8, 4) is 0 Å². The van der Waals surface area contributed by atoms with Crippen molar-refractivity contribution < 1.29 is 22.8 Å². The molecule has 14 heteroatoms. The van der Waals surface area contributed by atoms with Gasteiger partial charge in [0.15, 0.2) is 0 Å². The lowest BCUT2D eigenvalue weighted by Gasteiger charge is -2.40. The molecule has 7 rings (SSSR count). The number of likely N-dealkylation sites (tertiary alicyclic amines) is 3. The molecule has 284 valence electrons. The van der Waals surface area contributed by atoms with Crippen LogP contribution in [-0.2, 0) is 22.2 Å². The number of amides is 2. The van der Waals surface area contributed by atoms with Crippen molar-refractivity contribution in [2.45, 2.75) is 63.6 Å². The molecule has 10 nitrogen and oxygen atoms in total. The summed E-state index contributed by atoms with van der Waals surface area (Å²) in [6, 6.07) is 9.97. The normalized spacial score (nSPS) is 19.3. The lowest BCUT2D eigenvalue weighted by atomic mass is 9.78. The van der Waals surface area contributed by atoms with Crippen LogP contribution < -0.4 is 11.0 Å². The maximum absolute atomic E-state index is 14.2. The third kappa shape index (κ3) is 7.78. The number of para-hydroxylation sites is 1. The molecule has 3 aliphatic heterocycles. The van der Waals surface area contributed by atoms with Gasteiger partial charge < -0.3 is 25.0 Å². The van der Waals surface area contributed by atoms with Gasteiger partial charge in [-0.25, -0.2) is 4.79 Å². The molecule has 2 N–H and O–H groups in total. The van der Waals surface area contributed by atoms with Gasteiger partial charge in [-0.15, -0.1) is 0 Å². The van der Waals surface area contributed by atoms with Crippen LogP contribution in [0.25, 0.3) is 21.9 Å². The predicted octanol–water partition coefficient (Wildman–Crippen LogP) is 6.58. The molecule has 2 aromatic carbocycles. The minimum atomic E-state index is -4.66. The summed E-state index contributed by atoms with van der Waals surface area (Å²) in [4.78, 5) is 54.8. The second kappa shape index (κ2) is 15.3. The summed E-state index contributed by atoms with van der Waals surface area (Å²) < 4.78 is 44.0. The fourth-order valence-corrected chi connectivity index (χ4v) is 9.27. The number of anilines is 1. The maximum atomic E-state index is 14.2. The van der Waals surface area contributed by atoms with Gasteiger partial charge in [0.25, 0.3) is 0 Å². The van der Waals surface area contributed by atoms with Crippen molar-refractivity contribution in [3.63, 3.8) is 0 Å². The number of rotatable bonds is 8. The molecule has 2 amide bonds. The number of imidazole rings is 1. The summed E-state index contributed by atoms with van der Waals surface area (Å²) >= 11 is 6.34. The summed E-state index contributed by atoms with van der Waals surface area (Å²) in [6.45, 7) is 4.06. The van der Waals surface area contributed by atoms with Gasteiger partial charge in [-0.05, 0) is 101 Å². The van der Waals surface area contributed by atoms with E-state index >= 15 is 0 Å². The average molecular weight is 754 g/mol. The predicted molar refractivity (Wildman–Crippen MR) is 200 cm³/mol. The molecule has 0 aliphatic carbocycles. The standard InChI is InChI=1S/C39H47ClF3N7O3/c1-44-36-30(39(41,42)43)20-24(21-31(36)40)19-27(37(52)49-15-9-26(10-16-49)25-7-13-47(2)14-8-25)22-34(51)48-17-11-28(12-18-48)50-33-23-45-32-6-4-3-5-29(32)35(33)46-38(50)53/h3-6,20-21,23,25-28,44H,7-19,22H2,1-2H3,(H,46,53)/t27-/m0/s1. The number of H-pyrrole nitrogens is 1. The topological polar surface area (TPSA) is 107 Å². The summed E-state index contributed by atoms with van der Waals surface area (Å²) in [5, 5.41) is 3.32. The number of aromatic amines is 1. The first-order valence-corrected chi connectivity index (χ1v) is 19.1. The quantitative estimate of drug-likeness (QED) is 0.211. The van der Waals surface area contributed by atoms with Crippen LogP contribution in [0.1, 0.15) is 62.1 Å². The Hall–Kier alpha value is -4.10. The van der Waals surface area contributed by atoms with Gasteiger partial charge in [-0.3, -0.25) is 19.1 Å². The Labute approximate surface area is 311 Å². The van der Waals surface area contributed by atoms with E-state index in [1.165, 1.54) is 13.1 Å². The van der Waals surface area contributed by atoms with Gasteiger partial charge in [0.1, 0.15) is 0 Å². The summed E-state index contributed by atoms with van der Waals surface area (Å²) in [7, 11) is 3.52. The first-order valence-electron chi connectivity index (χ1n) is 18.7. The molecule has 1 atom stereocenters. The van der Waals surface area contributed by atoms with E-state index in [0.29, 0.717) is 56.4 Å². The Morgan fingerprint density at radius 1 is 0.962 bits per heavy atom. The van der Waals surface area contributed by atoms with E-state index in [0.717, 1.165) is 61.3 Å². The lowest BCUT2D eigenvalue weighted by Crippen LogP contribution is -2.46. The number of halogens is 4. The number of nitrogens with one attached hydrogen (secondary N) is 2. The van der Waals surface area contributed by atoms with Gasteiger partial charge in [0, 0.05) is 51.1 Å². The zero-order valence-corrected chi connectivity index (χ0v) is 31.0. The number of hydrogen-bond donors (Lipinski definition) is 2. The molecule has 0 radical (unpaired) electrons. The second-order valence-electron chi connectivity index (χ2n) is 15.1. The van der Waals surface area contributed by atoms with Gasteiger partial charge in [0.2, 0.25) is 11.8 Å². The number of fused-ring (bicyclic) bond motifs is 3. The first-order chi connectivity index (χ1) is 25.4. The minimum Gasteiger partial charge on any atom is -0.386 e. The largest absolute Gasteiger partial charge is 0.418 e. The molecular formula is C39H47ClF3N7O3. The number of benzene rings is 2. The fourth-order valence-electron chi connectivity index (χ4n) is 8.94. The van der Waals surface area contributed by atoms with E-state index in [9.17, 15) is 27.6 Å². The number of carbonyl (C=O) groups excluding carboxylic acids is 2. The van der Waals surface area contributed by atoms with Gasteiger partial charge in [-0.1, -0.05) is 29.8 Å². The zero-order valence-electron chi connectivity index (χ0n) is 30.2. The number of carbonyl (C=O) groups is 2. The van der Waals surface area contributed by atoms with E-state index in [-0.39, 0.29) is 52.7 Å². The van der Waals surface area contributed by atoms with Crippen LogP contribution >= 0.6 is 11.6 Å². The fraction of sp³-hybridized carbons (Fsp3) is 0.538. The van der Waals surface area contributed by atoms with Crippen LogP contribution in [0.15, 0.2) is 47.4 Å². The molecule has 4 aromatic rings. The molecule has 0 unspecified atom stereocenters. The Kier molecular flexibility index (Phi) is 10.8. The second-order valence-corrected chi connectivity index (χ2v) is 15.5. The average Bonchev–Trinajstić information content (AvgIpc) is 3.50. The maximum Gasteiger partial charge on any atom is 0.418 e. The Bertz CT molecular complexity index is 2020. The van der Waals surface area contributed by atoms with Gasteiger partial charge in [0.05, 0.1) is 44.9 Å². The summed E-state index contributed by atoms with van der Waals surface area (Å²) in [6.07, 6.45) is 2.00. The van der Waals surface area contributed by atoms with Crippen molar-refractivity contribution in [1.29, 1.82) is 0 Å². The first kappa shape index (κ1) is 37.2. The molecule has 3 fully saturated rings. The zero-order chi connectivity index (χ0) is 37.4. The number of pyridine rings is 1. The molecule has 0 spiro atoms. The molecule has 3 aliphatic rings. The van der Waals surface area contributed by atoms with E-state index < -0.39 is 17.7 Å². The van der Waals surface area contributed by atoms with Crippen molar-refractivity contribution in [2.24, 2.45) is 17.8 Å². The Morgan fingerprint density at radius 2 is 1.60 bits per heavy atom. The van der Waals surface area contributed by atoms with E-state index in [1.54, 1.807) is 15.7 Å². The van der Waals surface area contributed by atoms with Gasteiger partial charge >= 0.3 is 11.9 Å². The molecule has 53 heavy (non-hydrogen) atoms. The third-order valence-electron chi connectivity index (χ3n) is 11.9. The lowest BCUT2D eigenvalue weighted by molar-refractivity contribution is -0.143. The van der Waals surface area contributed by atoms with Gasteiger partial charge in [-0.2, -0.15) is 13.2 Å². The van der Waals surface area contributed by atoms with Crippen LogP contribution in [0.5, 0.6) is 0 Å². The monoisotopic (exact) mass is 753 g/mol. The van der Waals surface area contributed by atoms with Crippen molar-refractivity contribution in [2.75, 3.05) is 58.7 Å². The Balaban J connectivity index is 1.07. The number of piperidine rings is 3. The number of aromatic nitrogens is 3. The van der Waals surface area contributed by atoms with Crippen molar-refractivity contribution >= 4 is 51.0 Å². The summed E-state index contributed by atoms with van der Waals surface area (Å²) in [5.41, 5.74) is 1.13. The smallest absolute Gasteiger partial charge is 0.386 e. The highest BCUT2D eigenvalue weighted by Crippen LogP contribution is 2.40. The van der Waals surface area contributed by atoms with Crippen LogP contribution in [0, 0.1) is 17.8 Å². The molecular weight excluding hydrogens is 707 g/mol. The van der Waals surface area contributed by atoms with Crippen molar-refractivity contribution in [1.82, 2.24) is 29.2 Å². The SMILES string of the molecule is CNc1c(Cl)cc(C[C@@H](CC(=O)N2CCC(n3c(=O)[nH]c4c5ccccc5ncc43)CC2)C(=O)N2CCC(C3CCN(C)CC3)CC2)cc1C(F)(F)F. The number of nitrogens with zero attached hydrogens (tertiary/aromatic N) is 5. The van der Waals surface area contributed by atoms with E-state index in [4.69, 9.17) is 11.6 Å². The van der Waals surface area contributed by atoms with E-state index in [2.05, 4.69) is 27.2 Å². The molecule has 0 saturated carbocycles. The highest BCUT2D eigenvalue weighted by atomic mass is 35.5.